The van der Waals surface area contributed by atoms with E-state index in [0.29, 0.717) is 43.4 Å². The van der Waals surface area contributed by atoms with Gasteiger partial charge >= 0.3 is 34.2 Å². The summed E-state index contributed by atoms with van der Waals surface area (Å²) in [5, 5.41) is 10.7. The molecule has 0 unspecified atom stereocenters. The molecule has 29 heteroatoms. The van der Waals surface area contributed by atoms with E-state index in [1.54, 1.807) is 0 Å². The van der Waals surface area contributed by atoms with Crippen LogP contribution in [0.25, 0.3) is 0 Å². The van der Waals surface area contributed by atoms with Gasteiger partial charge in [0.1, 0.15) is 11.2 Å². The molecule has 1 aliphatic heterocycles. The number of ether oxygens (including phenoxy) is 4. The lowest BCUT2D eigenvalue weighted by atomic mass is 9.79. The van der Waals surface area contributed by atoms with Gasteiger partial charge in [-0.2, -0.15) is 0 Å². The molecule has 0 spiro atoms. The van der Waals surface area contributed by atoms with Crippen molar-refractivity contribution in [3.8, 4) is 0 Å². The molecule has 5 rings (SSSR count). The number of Topliss-reactive ketones (excluding diaryl/α,β-unsaturated/α-hetero) is 3. The number of benzene rings is 3. The summed E-state index contributed by atoms with van der Waals surface area (Å²) in [6, 6.07) is 26.6. The number of hydrogen-bond donors (Lipinski definition) is 1. The summed E-state index contributed by atoms with van der Waals surface area (Å²) in [4.78, 5) is 41.6. The van der Waals surface area contributed by atoms with Crippen molar-refractivity contribution in [2.24, 2.45) is 0 Å². The van der Waals surface area contributed by atoms with Gasteiger partial charge in [0.05, 0.1) is 18.4 Å². The second-order valence-corrected chi connectivity index (χ2v) is 92.6. The summed E-state index contributed by atoms with van der Waals surface area (Å²) in [5.41, 5.74) is 3.18. The van der Waals surface area contributed by atoms with Crippen molar-refractivity contribution >= 4 is 118 Å². The van der Waals surface area contributed by atoms with Crippen LogP contribution in [-0.2, 0) is 71.1 Å². The first-order chi connectivity index (χ1) is 51.5. The van der Waals surface area contributed by atoms with Crippen molar-refractivity contribution in [1.29, 1.82) is 0 Å². The minimum Gasteiger partial charge on any atom is -0.437 e. The predicted octanol–water partition coefficient (Wildman–Crippen LogP) is 22.6. The van der Waals surface area contributed by atoms with Crippen LogP contribution in [0.1, 0.15) is 159 Å². The molecule has 0 amide bonds. The molecule has 113 heavy (non-hydrogen) atoms. The standard InChI is InChI=1S/C33H70O7Si6.C28H53NO4Si3.C23H42O5Si3/c1-33(2,36-27-19-29-46(16,39-43(9,10)11)40-44(12,13)14)32(34)31-23-21-30(22-24-31)20-17-25-35-26-18-28-45(15,37-41(3,4)5)38-42(6,7)8;1-28(2,29-20-11-10-12-21-29)27(30)26-18-16-25(17-19-26)15-13-22-31-23-14-24-36(9,32-34(3,4)5)33-35(6,7)8;1-29(2,3)27-31(7,28-30(4,5)6)19-26-18-15-20-11-13-21(14-12-20)22(24)23(25)16-9-8-10-17-23/h21-24H,17-20,25-29H2,1-16H3;16-19H,10-15,20-24H2,1-9H3;11-14,25H,8-10,15-19H2,1-7H3. The first-order valence-corrected chi connectivity index (χ1v) is 80.2. The van der Waals surface area contributed by atoms with Gasteiger partial charge in [-0.1, -0.05) is 98.5 Å². The van der Waals surface area contributed by atoms with Crippen molar-refractivity contribution in [2.45, 2.75) is 349 Å². The van der Waals surface area contributed by atoms with E-state index in [9.17, 15) is 19.5 Å². The molecule has 3 aromatic carbocycles. The van der Waals surface area contributed by atoms with Crippen molar-refractivity contribution in [2.75, 3.05) is 59.0 Å². The van der Waals surface area contributed by atoms with Gasteiger partial charge in [0.25, 0.3) is 0 Å². The Morgan fingerprint density at radius 2 is 0.637 bits per heavy atom. The lowest BCUT2D eigenvalue weighted by Gasteiger charge is -2.39. The number of carbonyl (C=O) groups is 3. The largest absolute Gasteiger partial charge is 0.437 e. The first-order valence-electron chi connectivity index (χ1n) is 42.8. The molecule has 0 bridgehead atoms. The van der Waals surface area contributed by atoms with Crippen LogP contribution in [0.15, 0.2) is 72.8 Å². The van der Waals surface area contributed by atoms with E-state index in [-0.39, 0.29) is 17.3 Å². The summed E-state index contributed by atoms with van der Waals surface area (Å²) in [7, 11) is -22.6. The number of likely N-dealkylation sites (tertiary alicyclic amines) is 1. The van der Waals surface area contributed by atoms with E-state index in [2.05, 4.69) is 226 Å². The summed E-state index contributed by atoms with van der Waals surface area (Å²) in [6.45, 7) is 76.2. The number of aliphatic hydroxyl groups is 1. The smallest absolute Gasteiger partial charge is 0.341 e. The number of nitrogens with zero attached hydrogens (tertiary/aromatic N) is 1. The fraction of sp³-hybridized carbons (Fsp3) is 0.750. The lowest BCUT2D eigenvalue weighted by molar-refractivity contribution is -0.00451. The maximum Gasteiger partial charge on any atom is 0.341 e. The summed E-state index contributed by atoms with van der Waals surface area (Å²) in [5.74, 6) is 0.0978. The highest BCUT2D eigenvalue weighted by Crippen LogP contribution is 2.34. The van der Waals surface area contributed by atoms with Gasteiger partial charge in [-0.05, 0) is 336 Å². The molecule has 1 heterocycles. The van der Waals surface area contributed by atoms with Crippen LogP contribution in [0.3, 0.4) is 0 Å². The highest BCUT2D eigenvalue weighted by Gasteiger charge is 2.45. The molecule has 650 valence electrons. The molecule has 0 aromatic heterocycles. The van der Waals surface area contributed by atoms with Crippen molar-refractivity contribution < 1.29 is 71.4 Å². The fourth-order valence-corrected chi connectivity index (χ4v) is 64.6. The zero-order chi connectivity index (χ0) is 86.0. The third kappa shape index (κ3) is 45.4. The average Bonchev–Trinajstić information content (AvgIpc) is 0.807. The van der Waals surface area contributed by atoms with Crippen LogP contribution in [0.2, 0.25) is 201 Å². The number of aryl methyl sites for hydroxylation is 2. The molecule has 2 aliphatic rings. The second-order valence-electron chi connectivity index (χ2n) is 41.4. The van der Waals surface area contributed by atoms with Gasteiger partial charge in [-0.25, -0.2) is 0 Å². The SMILES string of the molecule is CC(C)(C(=O)c1ccc(CCCOCCC[Si](C)(O[Si](C)(C)C)O[Si](C)(C)C)cc1)N1CCCCC1.CC(C)(OCCC[Si](C)(O[Si](C)(C)C)O[Si](C)(C)C)C(=O)c1ccc(CCCOCCC[Si](C)(O[Si](C)(C)C)O[Si](C)(C)C)cc1.C[Si](C)(C)O[Si](C)(COCCc1ccc(C(=O)C2(O)CCCCC2)cc1)O[Si](C)(C)C. The van der Waals surface area contributed by atoms with E-state index in [0.717, 1.165) is 139 Å². The van der Waals surface area contributed by atoms with Crippen LogP contribution < -0.4 is 0 Å². The van der Waals surface area contributed by atoms with E-state index < -0.39 is 118 Å². The monoisotopic (exact) mass is 1780 g/mol. The minimum atomic E-state index is -2.38. The Kier molecular flexibility index (Phi) is 42.9. The van der Waals surface area contributed by atoms with Crippen molar-refractivity contribution in [1.82, 2.24) is 4.90 Å². The second kappa shape index (κ2) is 45.7. The molecule has 17 nitrogen and oxygen atoms in total. The summed E-state index contributed by atoms with van der Waals surface area (Å²) < 4.78 is 76.6. The third-order valence-electron chi connectivity index (χ3n) is 18.7. The molecule has 1 saturated carbocycles. The number of hydrogen-bond acceptors (Lipinski definition) is 17. The first kappa shape index (κ1) is 106. The van der Waals surface area contributed by atoms with E-state index in [4.69, 9.17) is 51.9 Å². The van der Waals surface area contributed by atoms with Gasteiger partial charge in [0.15, 0.2) is 83.9 Å². The Labute approximate surface area is 703 Å². The minimum absolute atomic E-state index is 0.00542. The zero-order valence-electron chi connectivity index (χ0n) is 77.7. The topological polar surface area (TPSA) is 185 Å². The van der Waals surface area contributed by atoms with Crippen LogP contribution in [0.5, 0.6) is 0 Å². The summed E-state index contributed by atoms with van der Waals surface area (Å²) >= 11 is 0. The molecule has 0 atom stereocenters. The number of rotatable bonds is 49. The van der Waals surface area contributed by atoms with Crippen LogP contribution in [-0.4, -0.2) is 204 Å². The zero-order valence-corrected chi connectivity index (χ0v) is 89.7. The maximum atomic E-state index is 13.3. The highest BCUT2D eigenvalue weighted by atomic mass is 28.5. The molecular weight excluding hydrogens is 1620 g/mol. The predicted molar refractivity (Wildman–Crippen MR) is 503 cm³/mol. The molecular formula is C84H165NO16Si12. The molecule has 2 fully saturated rings. The van der Waals surface area contributed by atoms with Gasteiger partial charge in [0.2, 0.25) is 0 Å². The quantitative estimate of drug-likeness (QED) is 0.0319. The molecule has 1 saturated heterocycles. The van der Waals surface area contributed by atoms with E-state index in [1.807, 2.05) is 62.4 Å². The van der Waals surface area contributed by atoms with Crippen molar-refractivity contribution in [3.63, 3.8) is 0 Å². The number of carbonyl (C=O) groups excluding carboxylic acids is 3. The van der Waals surface area contributed by atoms with E-state index in [1.165, 1.54) is 30.4 Å². The van der Waals surface area contributed by atoms with Gasteiger partial charge in [0, 0.05) is 49.7 Å². The Morgan fingerprint density at radius 1 is 0.345 bits per heavy atom. The molecule has 3 aromatic rings. The third-order valence-corrected chi connectivity index (χ3v) is 56.6. The maximum absolute atomic E-state index is 13.3. The molecule has 1 N–H and O–H groups in total. The van der Waals surface area contributed by atoms with Crippen LogP contribution in [0.4, 0.5) is 0 Å². The Balaban J connectivity index is 0.000000448. The molecule has 0 radical (unpaired) electrons. The fourth-order valence-electron chi connectivity index (χ4n) is 15.2. The highest BCUT2D eigenvalue weighted by molar-refractivity contribution is 6.90. The van der Waals surface area contributed by atoms with E-state index >= 15 is 0 Å². The average molecular weight is 1780 g/mol. The van der Waals surface area contributed by atoms with Crippen LogP contribution in [0, 0.1) is 0 Å². The summed E-state index contributed by atoms with van der Waals surface area (Å²) in [6.07, 6.45) is 15.6. The normalized spacial score (nSPS) is 15.8. The van der Waals surface area contributed by atoms with Gasteiger partial charge in [-0.3, -0.25) is 19.3 Å². The van der Waals surface area contributed by atoms with Crippen LogP contribution >= 0.6 is 0 Å². The van der Waals surface area contributed by atoms with Gasteiger partial charge < -0.3 is 57.0 Å². The lowest BCUT2D eigenvalue weighted by Crippen LogP contribution is -2.55. The number of ketones is 3. The van der Waals surface area contributed by atoms with Gasteiger partial charge in [-0.15, -0.1) is 0 Å². The number of piperidine rings is 1. The Bertz CT molecular complexity index is 3200. The Hall–Kier alpha value is -1.29. The van der Waals surface area contributed by atoms with Crippen molar-refractivity contribution in [3.05, 3.63) is 106 Å². The molecule has 1 aliphatic carbocycles. The Morgan fingerprint density at radius 3 is 0.982 bits per heavy atom.